The van der Waals surface area contributed by atoms with Crippen molar-refractivity contribution >= 4 is 62.4 Å². The number of carbonyl (C=O) groups is 2. The monoisotopic (exact) mass is 434 g/mol. The summed E-state index contributed by atoms with van der Waals surface area (Å²) < 4.78 is 5.26. The minimum absolute atomic E-state index is 0.0442. The van der Waals surface area contributed by atoms with Crippen molar-refractivity contribution in [2.45, 2.75) is 0 Å². The summed E-state index contributed by atoms with van der Waals surface area (Å²) in [5.74, 6) is -3.15. The van der Waals surface area contributed by atoms with Gasteiger partial charge >= 0.3 is 11.9 Å². The number of carboxylic acid groups (broad SMARTS) is 1. The Morgan fingerprint density at radius 2 is 1.75 bits per heavy atom. The zero-order chi connectivity index (χ0) is 18.2. The van der Waals surface area contributed by atoms with Gasteiger partial charge in [0.05, 0.1) is 32.5 Å². The van der Waals surface area contributed by atoms with Gasteiger partial charge in [0.1, 0.15) is 0 Å². The molecule has 0 amide bonds. The Morgan fingerprint density at radius 3 is 2.33 bits per heavy atom. The number of carboxylic acids is 1. The summed E-state index contributed by atoms with van der Waals surface area (Å²) in [6.07, 6.45) is 0. The van der Waals surface area contributed by atoms with Crippen molar-refractivity contribution in [3.05, 3.63) is 43.8 Å². The standard InChI is InChI=1S/C14H9BrCl2N2O5/c15-6-3-5(13(21)22)10(19)12(8(6)17)24-14(23)4-1-2-7(16)11(20)9(4)18/h1-3,20H,18-19H2,(H,21,22). The van der Waals surface area contributed by atoms with E-state index in [1.165, 1.54) is 18.2 Å². The largest absolute Gasteiger partial charge is 0.504 e. The molecule has 0 saturated heterocycles. The summed E-state index contributed by atoms with van der Waals surface area (Å²) in [6, 6.07) is 3.66. The number of benzene rings is 2. The van der Waals surface area contributed by atoms with Gasteiger partial charge in [-0.3, -0.25) is 0 Å². The number of hydrogen-bond donors (Lipinski definition) is 4. The minimum Gasteiger partial charge on any atom is -0.504 e. The maximum atomic E-state index is 12.3. The first-order chi connectivity index (χ1) is 11.1. The maximum Gasteiger partial charge on any atom is 0.345 e. The van der Waals surface area contributed by atoms with Crippen molar-refractivity contribution in [3.8, 4) is 11.5 Å². The highest BCUT2D eigenvalue weighted by Crippen LogP contribution is 2.41. The van der Waals surface area contributed by atoms with E-state index in [9.17, 15) is 14.7 Å². The number of nitrogen functional groups attached to an aromatic ring is 2. The molecule has 0 aliphatic heterocycles. The van der Waals surface area contributed by atoms with Crippen LogP contribution in [0.4, 0.5) is 11.4 Å². The van der Waals surface area contributed by atoms with Crippen LogP contribution in [0.2, 0.25) is 10.0 Å². The number of ether oxygens (including phenoxy) is 1. The van der Waals surface area contributed by atoms with Crippen molar-refractivity contribution < 1.29 is 24.5 Å². The molecule has 2 aromatic rings. The van der Waals surface area contributed by atoms with Gasteiger partial charge in [-0.2, -0.15) is 0 Å². The quantitative estimate of drug-likeness (QED) is 0.250. The molecule has 0 unspecified atom stereocenters. The number of halogens is 3. The molecule has 0 aliphatic carbocycles. The molecular formula is C14H9BrCl2N2O5. The minimum atomic E-state index is -1.33. The lowest BCUT2D eigenvalue weighted by Gasteiger charge is -2.14. The van der Waals surface area contributed by atoms with Crippen molar-refractivity contribution in [1.29, 1.82) is 0 Å². The number of hydrogen-bond acceptors (Lipinski definition) is 6. The number of nitrogens with two attached hydrogens (primary N) is 2. The van der Waals surface area contributed by atoms with E-state index < -0.39 is 17.7 Å². The lowest BCUT2D eigenvalue weighted by Crippen LogP contribution is -2.14. The van der Waals surface area contributed by atoms with Crippen LogP contribution in [-0.2, 0) is 0 Å². The van der Waals surface area contributed by atoms with Crippen LogP contribution < -0.4 is 16.2 Å². The molecule has 0 aromatic heterocycles. The number of aromatic hydroxyl groups is 1. The summed E-state index contributed by atoms with van der Waals surface area (Å²) in [6.45, 7) is 0. The third-order valence-electron chi connectivity index (χ3n) is 3.03. The summed E-state index contributed by atoms with van der Waals surface area (Å²) in [5.41, 5.74) is 10.2. The number of phenols is 1. The molecule has 0 spiro atoms. The van der Waals surface area contributed by atoms with Gasteiger partial charge in [0.25, 0.3) is 0 Å². The lowest BCUT2D eigenvalue weighted by molar-refractivity contribution is 0.0689. The molecule has 0 fully saturated rings. The predicted octanol–water partition coefficient (Wildman–Crippen LogP) is 3.54. The highest BCUT2D eigenvalue weighted by Gasteiger charge is 2.24. The molecule has 0 saturated carbocycles. The first-order valence-corrected chi connectivity index (χ1v) is 7.69. The van der Waals surface area contributed by atoms with Crippen molar-refractivity contribution in [1.82, 2.24) is 0 Å². The summed E-state index contributed by atoms with van der Waals surface area (Å²) >= 11 is 14.7. The average Bonchev–Trinajstić information content (AvgIpc) is 2.52. The van der Waals surface area contributed by atoms with Crippen LogP contribution in [0.5, 0.6) is 11.5 Å². The number of esters is 1. The van der Waals surface area contributed by atoms with Crippen LogP contribution in [0.1, 0.15) is 20.7 Å². The van der Waals surface area contributed by atoms with E-state index in [1.54, 1.807) is 0 Å². The number of aromatic carboxylic acids is 1. The Hall–Kier alpha value is -2.16. The van der Waals surface area contributed by atoms with Gasteiger partial charge in [0.15, 0.2) is 11.5 Å². The molecule has 2 rings (SSSR count). The van der Waals surface area contributed by atoms with E-state index in [0.29, 0.717) is 0 Å². The molecule has 0 heterocycles. The summed E-state index contributed by atoms with van der Waals surface area (Å²) in [5, 5.41) is 18.6. The smallest absolute Gasteiger partial charge is 0.345 e. The topological polar surface area (TPSA) is 136 Å². The summed E-state index contributed by atoms with van der Waals surface area (Å²) in [7, 11) is 0. The highest BCUT2D eigenvalue weighted by molar-refractivity contribution is 9.10. The van der Waals surface area contributed by atoms with Crippen LogP contribution in [-0.4, -0.2) is 22.2 Å². The van der Waals surface area contributed by atoms with E-state index in [-0.39, 0.29) is 42.8 Å². The van der Waals surface area contributed by atoms with E-state index in [1.807, 2.05) is 0 Å². The average molecular weight is 436 g/mol. The van der Waals surface area contributed by atoms with Crippen molar-refractivity contribution in [2.75, 3.05) is 11.5 Å². The van der Waals surface area contributed by atoms with Gasteiger partial charge in [-0.1, -0.05) is 23.2 Å². The fraction of sp³-hybridized carbons (Fsp3) is 0. The number of rotatable bonds is 3. The number of anilines is 2. The van der Waals surface area contributed by atoms with Crippen LogP contribution in [0.15, 0.2) is 22.7 Å². The van der Waals surface area contributed by atoms with Crippen LogP contribution in [0.25, 0.3) is 0 Å². The van der Waals surface area contributed by atoms with Gasteiger partial charge in [0, 0.05) is 4.47 Å². The molecule has 6 N–H and O–H groups in total. The molecular weight excluding hydrogens is 427 g/mol. The predicted molar refractivity (Wildman–Crippen MR) is 93.0 cm³/mol. The van der Waals surface area contributed by atoms with E-state index in [4.69, 9.17) is 44.5 Å². The van der Waals surface area contributed by atoms with Gasteiger partial charge in [0.2, 0.25) is 0 Å². The second-order valence-corrected chi connectivity index (χ2v) is 6.15. The molecule has 0 radical (unpaired) electrons. The normalized spacial score (nSPS) is 10.5. The van der Waals surface area contributed by atoms with Crippen LogP contribution in [0.3, 0.4) is 0 Å². The van der Waals surface area contributed by atoms with Gasteiger partial charge in [-0.05, 0) is 34.1 Å². The first kappa shape index (κ1) is 18.2. The SMILES string of the molecule is Nc1c(C(=O)Oc2c(N)c(C(=O)O)cc(Br)c2Cl)ccc(Cl)c1O. The second-order valence-electron chi connectivity index (χ2n) is 4.51. The number of carbonyl (C=O) groups excluding carboxylic acids is 1. The fourth-order valence-corrected chi connectivity index (χ4v) is 2.57. The zero-order valence-electron chi connectivity index (χ0n) is 11.6. The maximum absolute atomic E-state index is 12.3. The molecule has 2 aromatic carbocycles. The molecule has 0 bridgehead atoms. The second kappa shape index (κ2) is 6.76. The van der Waals surface area contributed by atoms with Gasteiger partial charge in [-0.25, -0.2) is 9.59 Å². The molecule has 10 heteroatoms. The van der Waals surface area contributed by atoms with Gasteiger partial charge < -0.3 is 26.4 Å². The highest BCUT2D eigenvalue weighted by atomic mass is 79.9. The Kier molecular flexibility index (Phi) is 5.12. The van der Waals surface area contributed by atoms with E-state index in [2.05, 4.69) is 15.9 Å². The van der Waals surface area contributed by atoms with Gasteiger partial charge in [-0.15, -0.1) is 0 Å². The third-order valence-corrected chi connectivity index (χ3v) is 4.56. The Morgan fingerprint density at radius 1 is 1.12 bits per heavy atom. The molecule has 0 aliphatic rings. The zero-order valence-corrected chi connectivity index (χ0v) is 14.7. The van der Waals surface area contributed by atoms with Crippen molar-refractivity contribution in [3.63, 3.8) is 0 Å². The molecule has 126 valence electrons. The summed E-state index contributed by atoms with van der Waals surface area (Å²) in [4.78, 5) is 23.4. The first-order valence-electron chi connectivity index (χ1n) is 6.15. The fourth-order valence-electron chi connectivity index (χ4n) is 1.80. The third kappa shape index (κ3) is 3.21. The number of phenolic OH excluding ortho intramolecular Hbond substituents is 1. The Labute approximate surface area is 153 Å². The van der Waals surface area contributed by atoms with Crippen molar-refractivity contribution in [2.24, 2.45) is 0 Å². The molecule has 24 heavy (non-hydrogen) atoms. The Balaban J connectivity index is 2.50. The van der Waals surface area contributed by atoms with Crippen LogP contribution in [0, 0.1) is 0 Å². The Bertz CT molecular complexity index is 873. The lowest BCUT2D eigenvalue weighted by atomic mass is 10.1. The van der Waals surface area contributed by atoms with E-state index >= 15 is 0 Å². The van der Waals surface area contributed by atoms with Crippen LogP contribution >= 0.6 is 39.1 Å². The van der Waals surface area contributed by atoms with E-state index in [0.717, 1.165) is 0 Å². The molecule has 7 nitrogen and oxygen atoms in total. The molecule has 0 atom stereocenters.